The lowest BCUT2D eigenvalue weighted by Crippen LogP contribution is -2.54. The summed E-state index contributed by atoms with van der Waals surface area (Å²) < 4.78 is 0. The summed E-state index contributed by atoms with van der Waals surface area (Å²) in [6, 6.07) is 0. The maximum Gasteiger partial charge on any atom is -0.0290 e. The Morgan fingerprint density at radius 1 is 1.08 bits per heavy atom. The molecule has 13 heavy (non-hydrogen) atoms. The molecule has 0 aromatic carbocycles. The molecule has 74 valence electrons. The average molecular weight is 178 g/mol. The molecule has 0 aliphatic heterocycles. The Hall–Kier alpha value is 0. The summed E-state index contributed by atoms with van der Waals surface area (Å²) in [5.41, 5.74) is 1.46. The van der Waals surface area contributed by atoms with Crippen molar-refractivity contribution in [2.45, 2.75) is 52.9 Å². The normalized spacial score (nSPS) is 64.4. The second kappa shape index (κ2) is 2.15. The number of hydrogen-bond donors (Lipinski definition) is 0. The van der Waals surface area contributed by atoms with Crippen LogP contribution in [-0.4, -0.2) is 0 Å². The second-order valence-corrected chi connectivity index (χ2v) is 6.90. The zero-order valence-electron chi connectivity index (χ0n) is 9.27. The Morgan fingerprint density at radius 2 is 1.85 bits per heavy atom. The van der Waals surface area contributed by atoms with E-state index in [1.807, 2.05) is 0 Å². The van der Waals surface area contributed by atoms with Gasteiger partial charge in [-0.3, -0.25) is 0 Å². The molecule has 0 aromatic heterocycles. The van der Waals surface area contributed by atoms with Gasteiger partial charge in [0.2, 0.25) is 0 Å². The molecule has 4 saturated carbocycles. The lowest BCUT2D eigenvalue weighted by molar-refractivity contribution is -0.133. The first-order valence-electron chi connectivity index (χ1n) is 6.01. The van der Waals surface area contributed by atoms with Crippen molar-refractivity contribution < 1.29 is 0 Å². The molecule has 4 bridgehead atoms. The molecule has 0 saturated heterocycles. The fraction of sp³-hybridized carbons (Fsp3) is 1.00. The molecule has 0 amide bonds. The van der Waals surface area contributed by atoms with Crippen LogP contribution in [0.25, 0.3) is 0 Å². The van der Waals surface area contributed by atoms with Gasteiger partial charge in [0.25, 0.3) is 0 Å². The van der Waals surface area contributed by atoms with Gasteiger partial charge in [-0.2, -0.15) is 0 Å². The van der Waals surface area contributed by atoms with Crippen molar-refractivity contribution in [3.63, 3.8) is 0 Å². The van der Waals surface area contributed by atoms with E-state index < -0.39 is 0 Å². The quantitative estimate of drug-likeness (QED) is 0.528. The van der Waals surface area contributed by atoms with Crippen LogP contribution in [0, 0.1) is 28.6 Å². The Bertz CT molecular complexity index is 244. The fourth-order valence-corrected chi connectivity index (χ4v) is 5.31. The number of rotatable bonds is 0. The summed E-state index contributed by atoms with van der Waals surface area (Å²) in [5.74, 6) is 3.19. The molecule has 5 atom stereocenters. The standard InChI is InChI=1S/C13H22/c1-9-11-4-10-5-12(2,7-11)8-13(9,3)6-10/h9-11H,4-8H2,1-3H3/t9-,10?,11?,12+,13+/m1/s1. The predicted molar refractivity (Wildman–Crippen MR) is 55.4 cm³/mol. The highest BCUT2D eigenvalue weighted by atomic mass is 14.6. The summed E-state index contributed by atoms with van der Waals surface area (Å²) in [5, 5.41) is 0. The molecule has 4 aliphatic carbocycles. The van der Waals surface area contributed by atoms with Crippen molar-refractivity contribution in [3.8, 4) is 0 Å². The first-order valence-corrected chi connectivity index (χ1v) is 6.01. The predicted octanol–water partition coefficient (Wildman–Crippen LogP) is 3.86. The Morgan fingerprint density at radius 3 is 2.46 bits per heavy atom. The zero-order valence-corrected chi connectivity index (χ0v) is 9.27. The van der Waals surface area contributed by atoms with Gasteiger partial charge in [0.15, 0.2) is 0 Å². The third kappa shape index (κ3) is 0.980. The summed E-state index contributed by atoms with van der Waals surface area (Å²) in [6.07, 6.45) is 7.72. The first-order chi connectivity index (χ1) is 6.01. The van der Waals surface area contributed by atoms with Gasteiger partial charge in [0.05, 0.1) is 0 Å². The molecular weight excluding hydrogens is 156 g/mol. The van der Waals surface area contributed by atoms with E-state index in [1.165, 1.54) is 6.42 Å². The zero-order chi connectivity index (χ0) is 9.27. The van der Waals surface area contributed by atoms with E-state index in [2.05, 4.69) is 20.8 Å². The molecule has 0 N–H and O–H groups in total. The molecule has 0 heterocycles. The third-order valence-electron chi connectivity index (χ3n) is 5.56. The van der Waals surface area contributed by atoms with E-state index in [0.717, 1.165) is 28.6 Å². The molecule has 0 nitrogen and oxygen atoms in total. The third-order valence-corrected chi connectivity index (χ3v) is 5.56. The molecular formula is C13H22. The van der Waals surface area contributed by atoms with Crippen molar-refractivity contribution in [2.24, 2.45) is 28.6 Å². The van der Waals surface area contributed by atoms with Crippen molar-refractivity contribution in [1.82, 2.24) is 0 Å². The van der Waals surface area contributed by atoms with E-state index in [-0.39, 0.29) is 0 Å². The largest absolute Gasteiger partial charge is 0.0617 e. The minimum absolute atomic E-state index is 0.721. The van der Waals surface area contributed by atoms with E-state index in [9.17, 15) is 0 Å². The van der Waals surface area contributed by atoms with Gasteiger partial charge in [-0.15, -0.1) is 0 Å². The first kappa shape index (κ1) is 8.32. The highest BCUT2D eigenvalue weighted by Crippen LogP contribution is 2.67. The van der Waals surface area contributed by atoms with Gasteiger partial charge in [-0.1, -0.05) is 20.8 Å². The van der Waals surface area contributed by atoms with Crippen LogP contribution in [0.4, 0.5) is 0 Å². The van der Waals surface area contributed by atoms with E-state index in [1.54, 1.807) is 25.7 Å². The van der Waals surface area contributed by atoms with Crippen LogP contribution in [0.1, 0.15) is 52.9 Å². The van der Waals surface area contributed by atoms with Crippen molar-refractivity contribution in [1.29, 1.82) is 0 Å². The van der Waals surface area contributed by atoms with E-state index in [4.69, 9.17) is 0 Å². The van der Waals surface area contributed by atoms with Crippen LogP contribution < -0.4 is 0 Å². The van der Waals surface area contributed by atoms with Gasteiger partial charge >= 0.3 is 0 Å². The van der Waals surface area contributed by atoms with Crippen LogP contribution in [0.15, 0.2) is 0 Å². The molecule has 0 spiro atoms. The van der Waals surface area contributed by atoms with Crippen molar-refractivity contribution >= 4 is 0 Å². The van der Waals surface area contributed by atoms with Gasteiger partial charge in [0.1, 0.15) is 0 Å². The molecule has 0 heteroatoms. The highest BCUT2D eigenvalue weighted by molar-refractivity contribution is 5.07. The Kier molecular flexibility index (Phi) is 1.37. The van der Waals surface area contributed by atoms with Gasteiger partial charge in [0, 0.05) is 0 Å². The van der Waals surface area contributed by atoms with Crippen LogP contribution in [0.3, 0.4) is 0 Å². The van der Waals surface area contributed by atoms with E-state index >= 15 is 0 Å². The minimum Gasteiger partial charge on any atom is -0.0617 e. The lowest BCUT2D eigenvalue weighted by atomic mass is 9.42. The SMILES string of the molecule is C[C@@H]1C2CC3C[C@@](C)(C2)C[C@]1(C)C3. The number of hydrogen-bond acceptors (Lipinski definition) is 0. The molecule has 0 radical (unpaired) electrons. The smallest absolute Gasteiger partial charge is 0.0290 e. The van der Waals surface area contributed by atoms with Crippen LogP contribution in [0.2, 0.25) is 0 Å². The average Bonchev–Trinajstić information content (AvgIpc) is 1.96. The van der Waals surface area contributed by atoms with Gasteiger partial charge < -0.3 is 0 Å². The maximum absolute atomic E-state index is 2.56. The minimum atomic E-state index is 0.721. The van der Waals surface area contributed by atoms with Gasteiger partial charge in [-0.05, 0) is 60.7 Å². The second-order valence-electron chi connectivity index (χ2n) is 6.90. The van der Waals surface area contributed by atoms with Gasteiger partial charge in [-0.25, -0.2) is 0 Å². The summed E-state index contributed by atoms with van der Waals surface area (Å²) in [4.78, 5) is 0. The Labute approximate surface area is 82.1 Å². The topological polar surface area (TPSA) is 0 Å². The van der Waals surface area contributed by atoms with Crippen molar-refractivity contribution in [3.05, 3.63) is 0 Å². The molecule has 2 unspecified atom stereocenters. The van der Waals surface area contributed by atoms with E-state index in [0.29, 0.717) is 0 Å². The lowest BCUT2D eigenvalue weighted by Gasteiger charge is -2.63. The molecule has 0 aromatic rings. The molecule has 4 fully saturated rings. The fourth-order valence-electron chi connectivity index (χ4n) is 5.31. The molecule has 4 aliphatic rings. The van der Waals surface area contributed by atoms with Crippen LogP contribution >= 0.6 is 0 Å². The summed E-state index contributed by atoms with van der Waals surface area (Å²) in [6.45, 7) is 7.63. The van der Waals surface area contributed by atoms with Crippen LogP contribution in [-0.2, 0) is 0 Å². The van der Waals surface area contributed by atoms with Crippen LogP contribution in [0.5, 0.6) is 0 Å². The monoisotopic (exact) mass is 178 g/mol. The Balaban J connectivity index is 2.01. The maximum atomic E-state index is 2.56. The summed E-state index contributed by atoms with van der Waals surface area (Å²) >= 11 is 0. The molecule has 4 rings (SSSR count). The highest BCUT2D eigenvalue weighted by Gasteiger charge is 2.57. The summed E-state index contributed by atoms with van der Waals surface area (Å²) in [7, 11) is 0. The van der Waals surface area contributed by atoms with Crippen molar-refractivity contribution in [2.75, 3.05) is 0 Å².